The number of carbonyl (C=O) groups is 1. The molecule has 1 aliphatic carbocycles. The van der Waals surface area contributed by atoms with E-state index in [4.69, 9.17) is 4.74 Å². The van der Waals surface area contributed by atoms with Gasteiger partial charge in [0.05, 0.1) is 11.4 Å². The summed E-state index contributed by atoms with van der Waals surface area (Å²) >= 11 is 0. The molecule has 1 saturated heterocycles. The fourth-order valence-corrected chi connectivity index (χ4v) is 4.81. The van der Waals surface area contributed by atoms with Crippen molar-refractivity contribution in [2.24, 2.45) is 11.8 Å². The number of anilines is 1. The molecule has 0 spiro atoms. The van der Waals surface area contributed by atoms with Crippen molar-refractivity contribution in [1.29, 1.82) is 0 Å². The number of nitrogens with zero attached hydrogens (tertiary/aromatic N) is 1. The van der Waals surface area contributed by atoms with Crippen molar-refractivity contribution in [2.45, 2.75) is 44.0 Å². The summed E-state index contributed by atoms with van der Waals surface area (Å²) in [5.74, 6) is 0.849. The van der Waals surface area contributed by atoms with E-state index in [1.165, 1.54) is 4.90 Å². The van der Waals surface area contributed by atoms with Crippen LogP contribution in [-0.2, 0) is 14.8 Å². The van der Waals surface area contributed by atoms with Crippen molar-refractivity contribution >= 4 is 21.8 Å². The lowest BCUT2D eigenvalue weighted by Gasteiger charge is -2.34. The second-order valence-electron chi connectivity index (χ2n) is 6.75. The quantitative estimate of drug-likeness (QED) is 0.904. The van der Waals surface area contributed by atoms with E-state index in [2.05, 4.69) is 18.6 Å². The largest absolute Gasteiger partial charge is 0.447 e. The molecule has 0 radical (unpaired) electrons. The van der Waals surface area contributed by atoms with Crippen LogP contribution >= 0.6 is 0 Å². The van der Waals surface area contributed by atoms with Gasteiger partial charge < -0.3 is 4.74 Å². The van der Waals surface area contributed by atoms with Crippen LogP contribution in [0.5, 0.6) is 0 Å². The number of ether oxygens (including phenoxy) is 1. The number of hydrogen-bond acceptors (Lipinski definition) is 4. The molecule has 1 amide bonds. The fraction of sp³-hybridized carbons (Fsp3) is 0.588. The molecule has 3 atom stereocenters. The first kappa shape index (κ1) is 17.2. The smallest absolute Gasteiger partial charge is 0.414 e. The van der Waals surface area contributed by atoms with Gasteiger partial charge in [-0.25, -0.2) is 17.9 Å². The lowest BCUT2D eigenvalue weighted by molar-refractivity contribution is 0.181. The van der Waals surface area contributed by atoms with Crippen LogP contribution in [0, 0.1) is 11.8 Å². The van der Waals surface area contributed by atoms with Crippen molar-refractivity contribution in [2.75, 3.05) is 18.1 Å². The lowest BCUT2D eigenvalue weighted by Crippen LogP contribution is -2.43. The molecule has 1 aromatic rings. The first-order valence-electron chi connectivity index (χ1n) is 8.45. The summed E-state index contributed by atoms with van der Waals surface area (Å²) in [5, 5.41) is 0. The average Bonchev–Trinajstić information content (AvgIpc) is 2.98. The third kappa shape index (κ3) is 3.42. The summed E-state index contributed by atoms with van der Waals surface area (Å²) < 4.78 is 33.0. The van der Waals surface area contributed by atoms with Crippen LogP contribution in [0.25, 0.3) is 0 Å². The minimum absolute atomic E-state index is 0.0213. The minimum atomic E-state index is -3.55. The van der Waals surface area contributed by atoms with E-state index >= 15 is 0 Å². The molecule has 1 heterocycles. The van der Waals surface area contributed by atoms with Crippen LogP contribution in [0.4, 0.5) is 10.5 Å². The minimum Gasteiger partial charge on any atom is -0.447 e. The Morgan fingerprint density at radius 3 is 2.50 bits per heavy atom. The van der Waals surface area contributed by atoms with Gasteiger partial charge in [-0.1, -0.05) is 26.7 Å². The number of benzene rings is 1. The number of hydrogen-bond donors (Lipinski definition) is 1. The van der Waals surface area contributed by atoms with Crippen LogP contribution in [0.2, 0.25) is 0 Å². The molecule has 1 aromatic carbocycles. The molecule has 2 aliphatic rings. The molecule has 1 N–H and O–H groups in total. The van der Waals surface area contributed by atoms with Gasteiger partial charge in [0.2, 0.25) is 10.0 Å². The highest BCUT2D eigenvalue weighted by molar-refractivity contribution is 7.89. The maximum Gasteiger partial charge on any atom is 0.414 e. The van der Waals surface area contributed by atoms with E-state index in [1.54, 1.807) is 24.3 Å². The maximum atomic E-state index is 12.6. The van der Waals surface area contributed by atoms with Crippen LogP contribution in [-0.4, -0.2) is 33.7 Å². The van der Waals surface area contributed by atoms with Gasteiger partial charge in [0.1, 0.15) is 6.61 Å². The SMILES string of the molecule is C[C@H]1[C@H](C)CCC[C@@H]1NS(=O)(=O)c1ccc(N2CCOC2=O)cc1. The van der Waals surface area contributed by atoms with Crippen molar-refractivity contribution in [3.05, 3.63) is 24.3 Å². The molecule has 1 aliphatic heterocycles. The highest BCUT2D eigenvalue weighted by Gasteiger charge is 2.31. The summed E-state index contributed by atoms with van der Waals surface area (Å²) in [5.41, 5.74) is 0.649. The molecule has 1 saturated carbocycles. The van der Waals surface area contributed by atoms with Crippen molar-refractivity contribution < 1.29 is 17.9 Å². The number of amides is 1. The Hall–Kier alpha value is -1.60. The lowest BCUT2D eigenvalue weighted by atomic mass is 9.78. The van der Waals surface area contributed by atoms with E-state index in [9.17, 15) is 13.2 Å². The van der Waals surface area contributed by atoms with E-state index in [0.717, 1.165) is 19.3 Å². The number of cyclic esters (lactones) is 1. The Labute approximate surface area is 143 Å². The summed E-state index contributed by atoms with van der Waals surface area (Å²) in [7, 11) is -3.55. The Morgan fingerprint density at radius 2 is 1.88 bits per heavy atom. The van der Waals surface area contributed by atoms with Gasteiger partial charge in [0.25, 0.3) is 0 Å². The van der Waals surface area contributed by atoms with Gasteiger partial charge in [-0.2, -0.15) is 0 Å². The third-order valence-electron chi connectivity index (χ3n) is 5.23. The Kier molecular flexibility index (Phi) is 4.83. The third-order valence-corrected chi connectivity index (χ3v) is 6.74. The molecular weight excluding hydrogens is 328 g/mol. The standard InChI is InChI=1S/C17H24N2O4S/c1-12-4-3-5-16(13(12)2)18-24(21,22)15-8-6-14(7-9-15)19-10-11-23-17(19)20/h6-9,12-13,16,18H,3-5,10-11H2,1-2H3/t12-,13+,16+/m1/s1. The Balaban J connectivity index is 1.74. The molecular formula is C17H24N2O4S. The molecule has 6 nitrogen and oxygen atoms in total. The highest BCUT2D eigenvalue weighted by Crippen LogP contribution is 2.30. The van der Waals surface area contributed by atoms with Crippen LogP contribution in [0.3, 0.4) is 0 Å². The predicted molar refractivity (Wildman–Crippen MR) is 91.4 cm³/mol. The van der Waals surface area contributed by atoms with Crippen LogP contribution in [0.15, 0.2) is 29.2 Å². The molecule has 0 unspecified atom stereocenters. The zero-order chi connectivity index (χ0) is 17.3. The van der Waals surface area contributed by atoms with Gasteiger partial charge in [0, 0.05) is 11.7 Å². The van der Waals surface area contributed by atoms with Crippen LogP contribution in [0.1, 0.15) is 33.1 Å². The number of sulfonamides is 1. The van der Waals surface area contributed by atoms with Crippen molar-refractivity contribution in [3.8, 4) is 0 Å². The monoisotopic (exact) mass is 352 g/mol. The van der Waals surface area contributed by atoms with Gasteiger partial charge in [-0.05, 0) is 42.5 Å². The summed E-state index contributed by atoms with van der Waals surface area (Å²) in [4.78, 5) is 13.3. The van der Waals surface area contributed by atoms with E-state index in [0.29, 0.717) is 30.7 Å². The first-order valence-corrected chi connectivity index (χ1v) is 9.93. The molecule has 7 heteroatoms. The normalized spacial score (nSPS) is 28.0. The zero-order valence-electron chi connectivity index (χ0n) is 14.1. The van der Waals surface area contributed by atoms with Gasteiger partial charge in [-0.3, -0.25) is 4.90 Å². The van der Waals surface area contributed by atoms with E-state index < -0.39 is 16.1 Å². The Bertz CT molecular complexity index is 702. The van der Waals surface area contributed by atoms with Gasteiger partial charge >= 0.3 is 6.09 Å². The number of rotatable bonds is 4. The maximum absolute atomic E-state index is 12.6. The first-order chi connectivity index (χ1) is 11.4. The van der Waals surface area contributed by atoms with Gasteiger partial charge in [-0.15, -0.1) is 0 Å². The molecule has 2 fully saturated rings. The fourth-order valence-electron chi connectivity index (χ4n) is 3.45. The molecule has 24 heavy (non-hydrogen) atoms. The van der Waals surface area contributed by atoms with Crippen molar-refractivity contribution in [3.63, 3.8) is 0 Å². The highest BCUT2D eigenvalue weighted by atomic mass is 32.2. The number of nitrogens with one attached hydrogen (secondary N) is 1. The van der Waals surface area contributed by atoms with Crippen molar-refractivity contribution in [1.82, 2.24) is 4.72 Å². The van der Waals surface area contributed by atoms with E-state index in [1.807, 2.05) is 0 Å². The second-order valence-corrected chi connectivity index (χ2v) is 8.47. The molecule has 132 valence electrons. The average molecular weight is 352 g/mol. The molecule has 0 aromatic heterocycles. The summed E-state index contributed by atoms with van der Waals surface area (Å²) in [6.45, 7) is 5.13. The van der Waals surface area contributed by atoms with E-state index in [-0.39, 0.29) is 10.9 Å². The topological polar surface area (TPSA) is 75.7 Å². The number of carbonyl (C=O) groups excluding carboxylic acids is 1. The molecule has 3 rings (SSSR count). The second kappa shape index (κ2) is 6.72. The Morgan fingerprint density at radius 1 is 1.17 bits per heavy atom. The predicted octanol–water partition coefficient (Wildman–Crippen LogP) is 2.75. The zero-order valence-corrected chi connectivity index (χ0v) is 14.9. The summed E-state index contributed by atoms with van der Waals surface area (Å²) in [6.07, 6.45) is 2.69. The molecule has 0 bridgehead atoms. The van der Waals surface area contributed by atoms with Crippen LogP contribution < -0.4 is 9.62 Å². The summed E-state index contributed by atoms with van der Waals surface area (Å²) in [6, 6.07) is 6.36. The van der Waals surface area contributed by atoms with Gasteiger partial charge in [0.15, 0.2) is 0 Å².